The summed E-state index contributed by atoms with van der Waals surface area (Å²) in [6.45, 7) is 3.94. The molecule has 0 spiro atoms. The van der Waals surface area contributed by atoms with E-state index in [9.17, 15) is 5.26 Å². The van der Waals surface area contributed by atoms with Gasteiger partial charge in [0.05, 0.1) is 6.07 Å². The van der Waals surface area contributed by atoms with Crippen LogP contribution in [0.3, 0.4) is 0 Å². The van der Waals surface area contributed by atoms with Crippen LogP contribution in [0.5, 0.6) is 0 Å². The normalized spacial score (nSPS) is 18.6. The molecule has 17 heavy (non-hydrogen) atoms. The molecule has 1 aliphatic carbocycles. The van der Waals surface area contributed by atoms with Crippen LogP contribution in [0.15, 0.2) is 4.34 Å². The lowest BCUT2D eigenvalue weighted by Crippen LogP contribution is -2.42. The number of aromatic nitrogens is 2. The molecule has 1 fully saturated rings. The second-order valence-electron chi connectivity index (χ2n) is 4.55. The van der Waals surface area contributed by atoms with Crippen molar-refractivity contribution in [1.29, 1.82) is 5.26 Å². The van der Waals surface area contributed by atoms with Crippen LogP contribution in [0.2, 0.25) is 0 Å². The minimum absolute atomic E-state index is 0.395. The molecule has 0 saturated heterocycles. The maximum Gasteiger partial charge on any atom is 0.174 e. The number of nitrogens with zero attached hydrogens (tertiary/aromatic N) is 3. The van der Waals surface area contributed by atoms with Crippen LogP contribution in [0.4, 0.5) is 0 Å². The average molecular weight is 268 g/mol. The smallest absolute Gasteiger partial charge is 0.174 e. The fourth-order valence-corrected chi connectivity index (χ4v) is 3.56. The average Bonchev–Trinajstić information content (AvgIpc) is 3.00. The molecule has 1 N–H and O–H groups in total. The van der Waals surface area contributed by atoms with Gasteiger partial charge in [-0.1, -0.05) is 23.1 Å². The van der Waals surface area contributed by atoms with Crippen molar-refractivity contribution in [3.8, 4) is 6.07 Å². The first kappa shape index (κ1) is 12.8. The van der Waals surface area contributed by atoms with E-state index < -0.39 is 5.54 Å². The van der Waals surface area contributed by atoms with Gasteiger partial charge in [0, 0.05) is 11.8 Å². The largest absolute Gasteiger partial charge is 0.297 e. The second-order valence-corrected chi connectivity index (χ2v) is 7.07. The van der Waals surface area contributed by atoms with Gasteiger partial charge >= 0.3 is 0 Å². The third-order valence-electron chi connectivity index (χ3n) is 2.68. The Morgan fingerprint density at radius 2 is 2.35 bits per heavy atom. The van der Waals surface area contributed by atoms with Gasteiger partial charge in [0.2, 0.25) is 0 Å². The van der Waals surface area contributed by atoms with Crippen molar-refractivity contribution < 1.29 is 0 Å². The molecule has 1 atom stereocenters. The van der Waals surface area contributed by atoms with Crippen molar-refractivity contribution in [2.24, 2.45) is 0 Å². The Hall–Kier alpha value is -0.640. The van der Waals surface area contributed by atoms with Crippen LogP contribution in [-0.4, -0.2) is 27.5 Å². The predicted molar refractivity (Wildman–Crippen MR) is 70.2 cm³/mol. The second kappa shape index (κ2) is 5.34. The maximum absolute atomic E-state index is 9.22. The standard InChI is InChI=1S/C11H16N4S2/c1-8-14-15-10(17-8)16-6-5-11(2,7-12)13-9-3-4-9/h9,13H,3-6H2,1-2H3. The number of thioether (sulfide) groups is 1. The molecular weight excluding hydrogens is 252 g/mol. The molecule has 0 aromatic carbocycles. The van der Waals surface area contributed by atoms with Crippen LogP contribution in [0.1, 0.15) is 31.2 Å². The third kappa shape index (κ3) is 3.95. The first-order valence-electron chi connectivity index (χ1n) is 5.73. The first-order valence-corrected chi connectivity index (χ1v) is 7.53. The van der Waals surface area contributed by atoms with Gasteiger partial charge in [0.25, 0.3) is 0 Å². The fraction of sp³-hybridized carbons (Fsp3) is 0.727. The highest BCUT2D eigenvalue weighted by molar-refractivity contribution is 8.01. The van der Waals surface area contributed by atoms with Crippen molar-refractivity contribution in [3.63, 3.8) is 0 Å². The molecule has 0 radical (unpaired) electrons. The zero-order valence-corrected chi connectivity index (χ0v) is 11.7. The zero-order chi connectivity index (χ0) is 12.3. The number of rotatable bonds is 6. The summed E-state index contributed by atoms with van der Waals surface area (Å²) in [4.78, 5) is 0. The molecule has 0 bridgehead atoms. The highest BCUT2D eigenvalue weighted by Gasteiger charge is 2.32. The Labute approximate surface area is 110 Å². The van der Waals surface area contributed by atoms with Crippen LogP contribution in [-0.2, 0) is 0 Å². The number of nitriles is 1. The summed E-state index contributed by atoms with van der Waals surface area (Å²) in [6.07, 6.45) is 3.25. The summed E-state index contributed by atoms with van der Waals surface area (Å²) in [6, 6.07) is 2.95. The van der Waals surface area contributed by atoms with Crippen molar-refractivity contribution in [3.05, 3.63) is 5.01 Å². The van der Waals surface area contributed by atoms with Crippen LogP contribution in [0, 0.1) is 18.3 Å². The van der Waals surface area contributed by atoms with Crippen molar-refractivity contribution in [2.45, 2.75) is 49.0 Å². The minimum Gasteiger partial charge on any atom is -0.297 e. The van der Waals surface area contributed by atoms with Gasteiger partial charge in [-0.15, -0.1) is 10.2 Å². The van der Waals surface area contributed by atoms with Crippen LogP contribution < -0.4 is 5.32 Å². The molecular formula is C11H16N4S2. The van der Waals surface area contributed by atoms with Crippen LogP contribution >= 0.6 is 23.1 Å². The lowest BCUT2D eigenvalue weighted by atomic mass is 10.0. The van der Waals surface area contributed by atoms with Gasteiger partial charge in [-0.25, -0.2) is 0 Å². The zero-order valence-electron chi connectivity index (χ0n) is 10.1. The molecule has 1 saturated carbocycles. The quantitative estimate of drug-likeness (QED) is 0.803. The van der Waals surface area contributed by atoms with Crippen LogP contribution in [0.25, 0.3) is 0 Å². The maximum atomic E-state index is 9.22. The topological polar surface area (TPSA) is 61.6 Å². The Morgan fingerprint density at radius 1 is 1.59 bits per heavy atom. The summed E-state index contributed by atoms with van der Waals surface area (Å²) >= 11 is 3.29. The predicted octanol–water partition coefficient (Wildman–Crippen LogP) is 2.36. The molecule has 0 amide bonds. The Bertz CT molecular complexity index is 421. The van der Waals surface area contributed by atoms with Gasteiger partial charge in [-0.05, 0) is 33.1 Å². The summed E-state index contributed by atoms with van der Waals surface area (Å²) < 4.78 is 0.995. The molecule has 0 aliphatic heterocycles. The molecule has 1 aliphatic rings. The highest BCUT2D eigenvalue weighted by atomic mass is 32.2. The first-order chi connectivity index (χ1) is 8.11. The molecule has 1 unspecified atom stereocenters. The third-order valence-corrected chi connectivity index (χ3v) is 4.66. The minimum atomic E-state index is -0.395. The van der Waals surface area contributed by atoms with E-state index in [0.29, 0.717) is 6.04 Å². The monoisotopic (exact) mass is 268 g/mol. The van der Waals surface area contributed by atoms with Crippen molar-refractivity contribution in [1.82, 2.24) is 15.5 Å². The lowest BCUT2D eigenvalue weighted by Gasteiger charge is -2.22. The van der Waals surface area contributed by atoms with E-state index in [1.165, 1.54) is 12.8 Å². The highest BCUT2D eigenvalue weighted by Crippen LogP contribution is 2.27. The van der Waals surface area contributed by atoms with Crippen molar-refractivity contribution >= 4 is 23.1 Å². The SMILES string of the molecule is Cc1nnc(SCCC(C)(C#N)NC2CC2)s1. The van der Waals surface area contributed by atoms with Crippen molar-refractivity contribution in [2.75, 3.05) is 5.75 Å². The van der Waals surface area contributed by atoms with Gasteiger partial charge in [-0.2, -0.15) is 5.26 Å². The summed E-state index contributed by atoms with van der Waals surface area (Å²) in [5.74, 6) is 0.901. The molecule has 1 aromatic rings. The molecule has 1 aromatic heterocycles. The number of aryl methyl sites for hydroxylation is 1. The molecule has 1 heterocycles. The Kier molecular flexibility index (Phi) is 4.02. The Morgan fingerprint density at radius 3 is 2.88 bits per heavy atom. The summed E-state index contributed by atoms with van der Waals surface area (Å²) in [5.41, 5.74) is -0.395. The summed E-state index contributed by atoms with van der Waals surface area (Å²) in [7, 11) is 0. The van der Waals surface area contributed by atoms with E-state index in [1.54, 1.807) is 23.1 Å². The van der Waals surface area contributed by atoms with E-state index in [0.717, 1.165) is 21.5 Å². The molecule has 92 valence electrons. The lowest BCUT2D eigenvalue weighted by molar-refractivity contribution is 0.434. The van der Waals surface area contributed by atoms with E-state index in [2.05, 4.69) is 21.6 Å². The van der Waals surface area contributed by atoms with E-state index in [4.69, 9.17) is 0 Å². The van der Waals surface area contributed by atoms with Gasteiger partial charge < -0.3 is 0 Å². The number of hydrogen-bond acceptors (Lipinski definition) is 6. The number of hydrogen-bond donors (Lipinski definition) is 1. The van der Waals surface area contributed by atoms with Gasteiger partial charge in [-0.3, -0.25) is 5.32 Å². The van der Waals surface area contributed by atoms with E-state index in [1.807, 2.05) is 13.8 Å². The molecule has 6 heteroatoms. The Balaban J connectivity index is 1.77. The van der Waals surface area contributed by atoms with E-state index in [-0.39, 0.29) is 0 Å². The number of nitrogens with one attached hydrogen (secondary N) is 1. The van der Waals surface area contributed by atoms with Gasteiger partial charge in [0.15, 0.2) is 4.34 Å². The fourth-order valence-electron chi connectivity index (χ4n) is 1.52. The van der Waals surface area contributed by atoms with Gasteiger partial charge in [0.1, 0.15) is 10.5 Å². The van der Waals surface area contributed by atoms with E-state index >= 15 is 0 Å². The molecule has 2 rings (SSSR count). The summed E-state index contributed by atoms with van der Waals surface area (Å²) in [5, 5.41) is 21.6. The molecule has 4 nitrogen and oxygen atoms in total.